The normalized spacial score (nSPS) is 15.9. The van der Waals surface area contributed by atoms with Gasteiger partial charge in [0.05, 0.1) is 0 Å². The Balaban J connectivity index is 2.06. The first-order valence-corrected chi connectivity index (χ1v) is 6.33. The maximum Gasteiger partial charge on any atom is 0.248 e. The molecular weight excluding hydrogens is 228 g/mol. The van der Waals surface area contributed by atoms with E-state index >= 15 is 0 Å². The maximum absolute atomic E-state index is 11.4. The van der Waals surface area contributed by atoms with E-state index in [-0.39, 0.29) is 12.5 Å². The molecule has 1 aromatic rings. The van der Waals surface area contributed by atoms with Crippen molar-refractivity contribution in [3.05, 3.63) is 29.3 Å². The fourth-order valence-electron chi connectivity index (χ4n) is 2.37. The summed E-state index contributed by atoms with van der Waals surface area (Å²) >= 11 is 0. The predicted octanol–water partition coefficient (Wildman–Crippen LogP) is 0.944. The van der Waals surface area contributed by atoms with E-state index in [9.17, 15) is 4.79 Å². The van der Waals surface area contributed by atoms with E-state index in [1.54, 1.807) is 4.90 Å². The number of carbonyl (C=O) groups is 1. The molecule has 0 aromatic heterocycles. The van der Waals surface area contributed by atoms with Gasteiger partial charge in [-0.3, -0.25) is 4.79 Å². The smallest absolute Gasteiger partial charge is 0.248 e. The third-order valence-corrected chi connectivity index (χ3v) is 3.68. The fourth-order valence-corrected chi connectivity index (χ4v) is 2.37. The Morgan fingerprint density at radius 1 is 1.22 bits per heavy atom. The number of amides is 1. The van der Waals surface area contributed by atoms with E-state index < -0.39 is 0 Å². The molecule has 1 heterocycles. The molecule has 0 saturated carbocycles. The van der Waals surface area contributed by atoms with Crippen molar-refractivity contribution in [1.82, 2.24) is 4.90 Å². The number of aliphatic hydroxyl groups excluding tert-OH is 1. The first-order valence-electron chi connectivity index (χ1n) is 6.33. The van der Waals surface area contributed by atoms with Gasteiger partial charge < -0.3 is 14.9 Å². The topological polar surface area (TPSA) is 43.8 Å². The van der Waals surface area contributed by atoms with Gasteiger partial charge in [-0.15, -0.1) is 0 Å². The molecule has 0 unspecified atom stereocenters. The Hall–Kier alpha value is -1.55. The minimum absolute atomic E-state index is 0.171. The molecule has 1 fully saturated rings. The summed E-state index contributed by atoms with van der Waals surface area (Å²) in [4.78, 5) is 15.4. The molecule has 0 aliphatic carbocycles. The Bertz CT molecular complexity index is 437. The van der Waals surface area contributed by atoms with Crippen LogP contribution >= 0.6 is 0 Å². The van der Waals surface area contributed by atoms with Gasteiger partial charge in [0.25, 0.3) is 0 Å². The molecule has 1 aliphatic rings. The average molecular weight is 248 g/mol. The highest BCUT2D eigenvalue weighted by atomic mass is 16.3. The van der Waals surface area contributed by atoms with Crippen LogP contribution in [0.3, 0.4) is 0 Å². The molecule has 1 aliphatic heterocycles. The van der Waals surface area contributed by atoms with Gasteiger partial charge in [0.2, 0.25) is 5.91 Å². The van der Waals surface area contributed by atoms with Crippen molar-refractivity contribution >= 4 is 11.6 Å². The largest absolute Gasteiger partial charge is 0.387 e. The molecule has 4 heteroatoms. The summed E-state index contributed by atoms with van der Waals surface area (Å²) in [6.07, 6.45) is 0. The van der Waals surface area contributed by atoms with Gasteiger partial charge in [-0.1, -0.05) is 12.1 Å². The summed E-state index contributed by atoms with van der Waals surface area (Å²) in [6, 6.07) is 6.32. The molecule has 1 amide bonds. The summed E-state index contributed by atoms with van der Waals surface area (Å²) in [7, 11) is 0. The van der Waals surface area contributed by atoms with Gasteiger partial charge in [0.15, 0.2) is 0 Å². The van der Waals surface area contributed by atoms with E-state index in [4.69, 9.17) is 5.11 Å². The second-order valence-corrected chi connectivity index (χ2v) is 4.74. The summed E-state index contributed by atoms with van der Waals surface area (Å²) in [5.74, 6) is -0.171. The minimum Gasteiger partial charge on any atom is -0.387 e. The quantitative estimate of drug-likeness (QED) is 0.847. The number of carbonyl (C=O) groups excluding carboxylic acids is 1. The Labute approximate surface area is 108 Å². The van der Waals surface area contributed by atoms with Crippen LogP contribution in [-0.2, 0) is 4.79 Å². The zero-order valence-corrected chi connectivity index (χ0v) is 11.0. The molecule has 1 aromatic carbocycles. The molecular formula is C14H20N2O2. The van der Waals surface area contributed by atoms with E-state index in [2.05, 4.69) is 36.9 Å². The zero-order chi connectivity index (χ0) is 13.1. The van der Waals surface area contributed by atoms with Crippen LogP contribution in [0.15, 0.2) is 18.2 Å². The van der Waals surface area contributed by atoms with Gasteiger partial charge >= 0.3 is 0 Å². The first kappa shape index (κ1) is 12.9. The van der Waals surface area contributed by atoms with Crippen LogP contribution in [0.1, 0.15) is 11.1 Å². The number of aryl methyl sites for hydroxylation is 1. The SMILES string of the molecule is Cc1cccc(N2CCN(C(=O)CO)CC2)c1C. The van der Waals surface area contributed by atoms with Crippen LogP contribution < -0.4 is 4.90 Å². The average Bonchev–Trinajstić information content (AvgIpc) is 2.41. The lowest BCUT2D eigenvalue weighted by molar-refractivity contribution is -0.134. The van der Waals surface area contributed by atoms with E-state index in [1.165, 1.54) is 16.8 Å². The molecule has 18 heavy (non-hydrogen) atoms. The van der Waals surface area contributed by atoms with Crippen LogP contribution in [-0.4, -0.2) is 48.7 Å². The van der Waals surface area contributed by atoms with Crippen molar-refractivity contribution < 1.29 is 9.90 Å². The molecule has 2 rings (SSSR count). The van der Waals surface area contributed by atoms with Crippen molar-refractivity contribution in [3.63, 3.8) is 0 Å². The van der Waals surface area contributed by atoms with Crippen LogP contribution in [0.25, 0.3) is 0 Å². The lowest BCUT2D eigenvalue weighted by Gasteiger charge is -2.36. The van der Waals surface area contributed by atoms with Crippen LogP contribution in [0.2, 0.25) is 0 Å². The summed E-state index contributed by atoms with van der Waals surface area (Å²) in [5.41, 5.74) is 3.85. The van der Waals surface area contributed by atoms with Crippen LogP contribution in [0.4, 0.5) is 5.69 Å². The molecule has 1 N–H and O–H groups in total. The highest BCUT2D eigenvalue weighted by Gasteiger charge is 2.21. The molecule has 4 nitrogen and oxygen atoms in total. The van der Waals surface area contributed by atoms with Gasteiger partial charge in [-0.25, -0.2) is 0 Å². The van der Waals surface area contributed by atoms with Crippen molar-refractivity contribution in [2.24, 2.45) is 0 Å². The van der Waals surface area contributed by atoms with E-state index in [0.717, 1.165) is 13.1 Å². The Kier molecular flexibility index (Phi) is 3.87. The lowest BCUT2D eigenvalue weighted by atomic mass is 10.1. The zero-order valence-electron chi connectivity index (χ0n) is 11.0. The third kappa shape index (κ3) is 2.48. The Morgan fingerprint density at radius 2 is 1.89 bits per heavy atom. The highest BCUT2D eigenvalue weighted by Crippen LogP contribution is 2.23. The summed E-state index contributed by atoms with van der Waals surface area (Å²) in [6.45, 7) is 6.90. The van der Waals surface area contributed by atoms with Crippen molar-refractivity contribution in [3.8, 4) is 0 Å². The summed E-state index contributed by atoms with van der Waals surface area (Å²) < 4.78 is 0. The van der Waals surface area contributed by atoms with Crippen molar-refractivity contribution in [2.75, 3.05) is 37.7 Å². The maximum atomic E-state index is 11.4. The molecule has 0 spiro atoms. The number of rotatable bonds is 2. The number of piperazine rings is 1. The van der Waals surface area contributed by atoms with E-state index in [0.29, 0.717) is 13.1 Å². The standard InChI is InChI=1S/C14H20N2O2/c1-11-4-3-5-13(12(11)2)15-6-8-16(9-7-15)14(18)10-17/h3-5,17H,6-10H2,1-2H3. The monoisotopic (exact) mass is 248 g/mol. The number of aliphatic hydroxyl groups is 1. The second-order valence-electron chi connectivity index (χ2n) is 4.74. The third-order valence-electron chi connectivity index (χ3n) is 3.68. The number of hydrogen-bond donors (Lipinski definition) is 1. The lowest BCUT2D eigenvalue weighted by Crippen LogP contribution is -2.49. The van der Waals surface area contributed by atoms with Crippen molar-refractivity contribution in [1.29, 1.82) is 0 Å². The van der Waals surface area contributed by atoms with Gasteiger partial charge in [0.1, 0.15) is 6.61 Å². The summed E-state index contributed by atoms with van der Waals surface area (Å²) in [5, 5.41) is 8.85. The van der Waals surface area contributed by atoms with Gasteiger partial charge in [0, 0.05) is 31.9 Å². The molecule has 0 bridgehead atoms. The number of benzene rings is 1. The van der Waals surface area contributed by atoms with Crippen LogP contribution in [0.5, 0.6) is 0 Å². The number of anilines is 1. The van der Waals surface area contributed by atoms with E-state index in [1.807, 2.05) is 0 Å². The first-order chi connectivity index (χ1) is 8.63. The molecule has 0 radical (unpaired) electrons. The number of hydrogen-bond acceptors (Lipinski definition) is 3. The van der Waals surface area contributed by atoms with Gasteiger partial charge in [-0.05, 0) is 31.0 Å². The van der Waals surface area contributed by atoms with Crippen LogP contribution in [0, 0.1) is 13.8 Å². The highest BCUT2D eigenvalue weighted by molar-refractivity contribution is 5.77. The fraction of sp³-hybridized carbons (Fsp3) is 0.500. The number of nitrogens with zero attached hydrogens (tertiary/aromatic N) is 2. The Morgan fingerprint density at radius 3 is 2.50 bits per heavy atom. The second kappa shape index (κ2) is 5.40. The predicted molar refractivity (Wildman–Crippen MR) is 71.8 cm³/mol. The van der Waals surface area contributed by atoms with Crippen molar-refractivity contribution in [2.45, 2.75) is 13.8 Å². The molecule has 1 saturated heterocycles. The minimum atomic E-state index is -0.385. The van der Waals surface area contributed by atoms with Gasteiger partial charge in [-0.2, -0.15) is 0 Å². The molecule has 98 valence electrons. The molecule has 0 atom stereocenters.